The Labute approximate surface area is 110 Å². The van der Waals surface area contributed by atoms with Crippen molar-refractivity contribution in [3.8, 4) is 0 Å². The first-order valence-corrected chi connectivity index (χ1v) is 8.91. The van der Waals surface area contributed by atoms with E-state index in [2.05, 4.69) is 38.0 Å². The molecule has 2 heteroatoms. The fraction of sp³-hybridized carbons (Fsp3) is 0.467. The van der Waals surface area contributed by atoms with Crippen molar-refractivity contribution in [2.45, 2.75) is 38.0 Å². The van der Waals surface area contributed by atoms with E-state index in [9.17, 15) is 0 Å². The standard InChI is InChI=1S/C8H4S.C7H15P/c1-2-4-8-7(3-1)5-6-9-8;1-6-4-5-7(2)8(6)3/h1-4H;6-7H,4-5H2,1-3H3/t;6-,7?,8?/m.0/s1. The summed E-state index contributed by atoms with van der Waals surface area (Å²) in [7, 11) is 0.413. The number of benzene rings is 1. The highest BCUT2D eigenvalue weighted by molar-refractivity contribution is 7.58. The van der Waals surface area contributed by atoms with E-state index in [4.69, 9.17) is 0 Å². The SMILES string of the molecule is CC1CC[C@H](C)P1C.c1sc2ccccc2c#1. The summed E-state index contributed by atoms with van der Waals surface area (Å²) in [5, 5.41) is 4.12. The zero-order valence-corrected chi connectivity index (χ0v) is 12.4. The van der Waals surface area contributed by atoms with Crippen molar-refractivity contribution in [1.82, 2.24) is 0 Å². The molecule has 90 valence electrons. The van der Waals surface area contributed by atoms with Gasteiger partial charge in [0.05, 0.1) is 4.70 Å². The Bertz CT molecular complexity index is 422. The molecule has 0 saturated carbocycles. The third-order valence-electron chi connectivity index (χ3n) is 3.63. The third kappa shape index (κ3) is 3.21. The van der Waals surface area contributed by atoms with Crippen molar-refractivity contribution in [2.75, 3.05) is 6.66 Å². The van der Waals surface area contributed by atoms with Crippen LogP contribution in [0, 0.1) is 11.4 Å². The molecule has 1 saturated heterocycles. The predicted molar refractivity (Wildman–Crippen MR) is 80.5 cm³/mol. The molecule has 3 rings (SSSR count). The van der Waals surface area contributed by atoms with Crippen LogP contribution in [0.2, 0.25) is 0 Å². The first-order chi connectivity index (χ1) is 8.18. The van der Waals surface area contributed by atoms with Gasteiger partial charge >= 0.3 is 0 Å². The van der Waals surface area contributed by atoms with Crippen LogP contribution in [-0.2, 0) is 0 Å². The Hall–Kier alpha value is -0.570. The Morgan fingerprint density at radius 1 is 1.18 bits per heavy atom. The van der Waals surface area contributed by atoms with Gasteiger partial charge in [-0.2, -0.15) is 0 Å². The van der Waals surface area contributed by atoms with Gasteiger partial charge in [-0.05, 0) is 54.4 Å². The maximum atomic E-state index is 3.01. The van der Waals surface area contributed by atoms with Crippen LogP contribution in [0.15, 0.2) is 24.3 Å². The number of rotatable bonds is 0. The number of hydrogen-bond donors (Lipinski definition) is 0. The summed E-state index contributed by atoms with van der Waals surface area (Å²) < 4.78 is 1.26. The van der Waals surface area contributed by atoms with Gasteiger partial charge in [-0.3, -0.25) is 0 Å². The van der Waals surface area contributed by atoms with Crippen LogP contribution in [0.5, 0.6) is 0 Å². The molecule has 0 radical (unpaired) electrons. The predicted octanol–water partition coefficient (Wildman–Crippen LogP) is 5.17. The lowest BCUT2D eigenvalue weighted by molar-refractivity contribution is 0.777. The summed E-state index contributed by atoms with van der Waals surface area (Å²) in [6.07, 6.45) is 2.98. The lowest BCUT2D eigenvalue weighted by Gasteiger charge is -2.13. The van der Waals surface area contributed by atoms with Crippen molar-refractivity contribution in [3.63, 3.8) is 0 Å². The third-order valence-corrected chi connectivity index (χ3v) is 7.70. The maximum Gasteiger partial charge on any atom is 0.0517 e. The highest BCUT2D eigenvalue weighted by atomic mass is 32.1. The Kier molecular flexibility index (Phi) is 4.43. The van der Waals surface area contributed by atoms with E-state index in [0.717, 1.165) is 11.3 Å². The van der Waals surface area contributed by atoms with E-state index in [-0.39, 0.29) is 0 Å². The van der Waals surface area contributed by atoms with Gasteiger partial charge in [0, 0.05) is 5.39 Å². The molecule has 1 aliphatic rings. The molecule has 1 aromatic carbocycles. The van der Waals surface area contributed by atoms with E-state index in [0.29, 0.717) is 7.92 Å². The zero-order valence-electron chi connectivity index (χ0n) is 10.7. The Morgan fingerprint density at radius 3 is 2.35 bits per heavy atom. The van der Waals surface area contributed by atoms with Crippen molar-refractivity contribution in [3.05, 3.63) is 35.7 Å². The van der Waals surface area contributed by atoms with E-state index >= 15 is 0 Å². The molecule has 1 aliphatic heterocycles. The van der Waals surface area contributed by atoms with Gasteiger partial charge < -0.3 is 0 Å². The lowest BCUT2D eigenvalue weighted by atomic mass is 10.2. The largest absolute Gasteiger partial charge is 0.104 e. The van der Waals surface area contributed by atoms with Crippen molar-refractivity contribution >= 4 is 29.3 Å². The first-order valence-electron chi connectivity index (χ1n) is 6.17. The van der Waals surface area contributed by atoms with E-state index in [1.165, 1.54) is 22.9 Å². The Morgan fingerprint density at radius 2 is 1.82 bits per heavy atom. The van der Waals surface area contributed by atoms with Crippen molar-refractivity contribution in [2.24, 2.45) is 0 Å². The molecule has 0 nitrogen and oxygen atoms in total. The summed E-state index contributed by atoms with van der Waals surface area (Å²) in [5.74, 6) is 0. The molecule has 0 spiro atoms. The van der Waals surface area contributed by atoms with Gasteiger partial charge in [0.25, 0.3) is 0 Å². The van der Waals surface area contributed by atoms with Gasteiger partial charge in [-0.25, -0.2) is 0 Å². The van der Waals surface area contributed by atoms with Crippen LogP contribution in [0.1, 0.15) is 26.7 Å². The number of fused-ring (bicyclic) bond motifs is 1. The van der Waals surface area contributed by atoms with Crippen molar-refractivity contribution < 1.29 is 0 Å². The average Bonchev–Trinajstić information content (AvgIpc) is 2.93. The highest BCUT2D eigenvalue weighted by Gasteiger charge is 2.24. The molecule has 2 aromatic rings. The molecule has 0 bridgehead atoms. The highest BCUT2D eigenvalue weighted by Crippen LogP contribution is 2.51. The van der Waals surface area contributed by atoms with Crippen LogP contribution in [0.3, 0.4) is 0 Å². The van der Waals surface area contributed by atoms with Gasteiger partial charge in [0.15, 0.2) is 0 Å². The molecule has 17 heavy (non-hydrogen) atoms. The maximum absolute atomic E-state index is 3.01. The molecular formula is C15H19PS. The molecule has 1 fully saturated rings. The fourth-order valence-electron chi connectivity index (χ4n) is 2.12. The second-order valence-electron chi connectivity index (χ2n) is 4.77. The van der Waals surface area contributed by atoms with E-state index in [1.54, 1.807) is 11.3 Å². The normalized spacial score (nSPS) is 27.4. The average molecular weight is 262 g/mol. The van der Waals surface area contributed by atoms with Gasteiger partial charge in [0.2, 0.25) is 0 Å². The van der Waals surface area contributed by atoms with Gasteiger partial charge in [0.1, 0.15) is 0 Å². The molecule has 0 amide bonds. The molecule has 0 aliphatic carbocycles. The van der Waals surface area contributed by atoms with E-state index in [1.807, 2.05) is 18.2 Å². The number of hydrogen-bond acceptors (Lipinski definition) is 1. The topological polar surface area (TPSA) is 0 Å². The quantitative estimate of drug-likeness (QED) is 0.574. The fourth-order valence-corrected chi connectivity index (χ4v) is 4.75. The molecular weight excluding hydrogens is 243 g/mol. The van der Waals surface area contributed by atoms with Crippen LogP contribution in [0.4, 0.5) is 0 Å². The molecule has 2 heterocycles. The summed E-state index contributed by atoms with van der Waals surface area (Å²) in [6, 6.07) is 11.2. The monoisotopic (exact) mass is 262 g/mol. The van der Waals surface area contributed by atoms with Gasteiger partial charge in [-0.1, -0.05) is 37.3 Å². The molecule has 3 atom stereocenters. The second-order valence-corrected chi connectivity index (χ2v) is 8.71. The van der Waals surface area contributed by atoms with Crippen LogP contribution >= 0.6 is 19.3 Å². The summed E-state index contributed by atoms with van der Waals surface area (Å²) in [6.45, 7) is 7.24. The zero-order chi connectivity index (χ0) is 12.3. The van der Waals surface area contributed by atoms with Crippen LogP contribution in [0.25, 0.3) is 10.1 Å². The van der Waals surface area contributed by atoms with Crippen LogP contribution < -0.4 is 0 Å². The van der Waals surface area contributed by atoms with Crippen LogP contribution in [-0.4, -0.2) is 18.0 Å². The van der Waals surface area contributed by atoms with Crippen molar-refractivity contribution in [1.29, 1.82) is 0 Å². The van der Waals surface area contributed by atoms with Gasteiger partial charge in [-0.15, -0.1) is 7.92 Å². The van der Waals surface area contributed by atoms with E-state index < -0.39 is 0 Å². The second kappa shape index (κ2) is 5.85. The lowest BCUT2D eigenvalue weighted by Crippen LogP contribution is -1.92. The Balaban J connectivity index is 0.000000128. The smallest absolute Gasteiger partial charge is 0.0517 e. The minimum atomic E-state index is 0.413. The first kappa shape index (κ1) is 12.9. The summed E-state index contributed by atoms with van der Waals surface area (Å²) in [4.78, 5) is 0. The molecule has 2 unspecified atom stereocenters. The molecule has 1 aromatic heterocycles. The summed E-state index contributed by atoms with van der Waals surface area (Å²) >= 11 is 1.61. The molecule has 0 N–H and O–H groups in total. The minimum absolute atomic E-state index is 0.413. The minimum Gasteiger partial charge on any atom is -0.104 e. The summed E-state index contributed by atoms with van der Waals surface area (Å²) in [5.41, 5.74) is 2.11.